The van der Waals surface area contributed by atoms with Crippen LogP contribution in [0.5, 0.6) is 17.2 Å². The van der Waals surface area contributed by atoms with Gasteiger partial charge in [-0.2, -0.15) is 0 Å². The molecule has 3 rings (SSSR count). The summed E-state index contributed by atoms with van der Waals surface area (Å²) in [5.41, 5.74) is 1.89. The third-order valence-corrected chi connectivity index (χ3v) is 4.52. The molecule has 0 unspecified atom stereocenters. The Balaban J connectivity index is 1.65. The van der Waals surface area contributed by atoms with Crippen LogP contribution in [0.15, 0.2) is 78.9 Å². The summed E-state index contributed by atoms with van der Waals surface area (Å²) in [5.74, 6) is 1.70. The van der Waals surface area contributed by atoms with Gasteiger partial charge in [-0.1, -0.05) is 63.2 Å². The number of hydrogen-bond acceptors (Lipinski definition) is 3. The van der Waals surface area contributed by atoms with Crippen LogP contribution in [-0.2, 0) is 10.2 Å². The number of carbonyl (C=O) groups is 1. The minimum Gasteiger partial charge on any atom is -0.481 e. The van der Waals surface area contributed by atoms with Gasteiger partial charge >= 0.3 is 0 Å². The quantitative estimate of drug-likeness (QED) is 0.547. The molecule has 3 aromatic carbocycles. The number of ether oxygens (including phenoxy) is 2. The maximum Gasteiger partial charge on any atom is 0.265 e. The number of amides is 1. The van der Waals surface area contributed by atoms with E-state index in [4.69, 9.17) is 9.47 Å². The summed E-state index contributed by atoms with van der Waals surface area (Å²) in [6.07, 6.45) is -0.653. The first-order valence-electron chi connectivity index (χ1n) is 9.73. The normalized spacial score (nSPS) is 12.1. The number of hydrogen-bond donors (Lipinski definition) is 1. The molecule has 0 saturated heterocycles. The summed E-state index contributed by atoms with van der Waals surface area (Å²) in [5, 5.41) is 2.90. The third kappa shape index (κ3) is 5.61. The highest BCUT2D eigenvalue weighted by molar-refractivity contribution is 5.95. The topological polar surface area (TPSA) is 47.6 Å². The van der Waals surface area contributed by atoms with Crippen molar-refractivity contribution >= 4 is 11.6 Å². The first kappa shape index (κ1) is 20.5. The SMILES string of the molecule is C[C@@H](Oc1ccc(C(C)(C)C)cc1)C(=O)Nc1ccccc1Oc1ccccc1. The molecule has 0 aliphatic heterocycles. The Morgan fingerprint density at radius 3 is 2.10 bits per heavy atom. The number of carbonyl (C=O) groups excluding carboxylic acids is 1. The van der Waals surface area contributed by atoms with Crippen LogP contribution in [0.2, 0.25) is 0 Å². The molecule has 0 aliphatic rings. The van der Waals surface area contributed by atoms with Crippen molar-refractivity contribution < 1.29 is 14.3 Å². The molecular weight excluding hydrogens is 362 g/mol. The van der Waals surface area contributed by atoms with Crippen LogP contribution in [0, 0.1) is 0 Å². The van der Waals surface area contributed by atoms with Crippen LogP contribution < -0.4 is 14.8 Å². The summed E-state index contributed by atoms with van der Waals surface area (Å²) in [6.45, 7) is 8.21. The maximum absolute atomic E-state index is 12.7. The predicted octanol–water partition coefficient (Wildman–Crippen LogP) is 6.18. The molecule has 0 bridgehead atoms. The fourth-order valence-corrected chi connectivity index (χ4v) is 2.80. The smallest absolute Gasteiger partial charge is 0.265 e. The molecule has 0 spiro atoms. The van der Waals surface area contributed by atoms with Gasteiger partial charge in [0.05, 0.1) is 5.69 Å². The van der Waals surface area contributed by atoms with Gasteiger partial charge < -0.3 is 14.8 Å². The van der Waals surface area contributed by atoms with Gasteiger partial charge in [-0.3, -0.25) is 4.79 Å². The highest BCUT2D eigenvalue weighted by Crippen LogP contribution is 2.29. The van der Waals surface area contributed by atoms with Crippen LogP contribution in [0.1, 0.15) is 33.3 Å². The highest BCUT2D eigenvalue weighted by atomic mass is 16.5. The lowest BCUT2D eigenvalue weighted by molar-refractivity contribution is -0.122. The van der Waals surface area contributed by atoms with Crippen molar-refractivity contribution in [2.45, 2.75) is 39.2 Å². The van der Waals surface area contributed by atoms with E-state index in [0.29, 0.717) is 22.9 Å². The van der Waals surface area contributed by atoms with Gasteiger partial charge in [0.25, 0.3) is 5.91 Å². The molecule has 0 heterocycles. The van der Waals surface area contributed by atoms with Crippen LogP contribution in [-0.4, -0.2) is 12.0 Å². The largest absolute Gasteiger partial charge is 0.481 e. The van der Waals surface area contributed by atoms with Crippen molar-refractivity contribution in [1.29, 1.82) is 0 Å². The van der Waals surface area contributed by atoms with Crippen LogP contribution in [0.25, 0.3) is 0 Å². The molecular formula is C25H27NO3. The molecule has 1 atom stereocenters. The van der Waals surface area contributed by atoms with Crippen molar-refractivity contribution in [3.05, 3.63) is 84.4 Å². The van der Waals surface area contributed by atoms with Crippen molar-refractivity contribution in [2.24, 2.45) is 0 Å². The lowest BCUT2D eigenvalue weighted by atomic mass is 9.87. The van der Waals surface area contributed by atoms with Crippen molar-refractivity contribution in [3.63, 3.8) is 0 Å². The summed E-state index contributed by atoms with van der Waals surface area (Å²) >= 11 is 0. The van der Waals surface area contributed by atoms with Gasteiger partial charge in [0.1, 0.15) is 11.5 Å². The number of rotatable bonds is 6. The van der Waals surface area contributed by atoms with Crippen molar-refractivity contribution in [3.8, 4) is 17.2 Å². The monoisotopic (exact) mass is 389 g/mol. The standard InChI is InChI=1S/C25H27NO3/c1-18(28-21-16-14-19(15-17-21)25(2,3)4)24(27)26-22-12-8-9-13-23(22)29-20-10-6-5-7-11-20/h5-18H,1-4H3,(H,26,27)/t18-/m1/s1. The number of benzene rings is 3. The van der Waals surface area contributed by atoms with E-state index in [1.807, 2.05) is 72.8 Å². The van der Waals surface area contributed by atoms with E-state index in [1.165, 1.54) is 5.56 Å². The lowest BCUT2D eigenvalue weighted by Gasteiger charge is -2.20. The summed E-state index contributed by atoms with van der Waals surface area (Å²) in [6, 6.07) is 24.7. The summed E-state index contributed by atoms with van der Waals surface area (Å²) in [4.78, 5) is 12.7. The number of para-hydroxylation sites is 3. The number of nitrogens with one attached hydrogen (secondary N) is 1. The molecule has 29 heavy (non-hydrogen) atoms. The van der Waals surface area contributed by atoms with Crippen LogP contribution >= 0.6 is 0 Å². The van der Waals surface area contributed by atoms with E-state index < -0.39 is 6.10 Å². The minimum atomic E-state index is -0.653. The molecule has 4 nitrogen and oxygen atoms in total. The van der Waals surface area contributed by atoms with Gasteiger partial charge in [-0.05, 0) is 54.3 Å². The molecule has 0 fully saturated rings. The van der Waals surface area contributed by atoms with Gasteiger partial charge in [-0.15, -0.1) is 0 Å². The average molecular weight is 389 g/mol. The molecule has 0 saturated carbocycles. The Kier molecular flexibility index (Phi) is 6.23. The van der Waals surface area contributed by atoms with Crippen LogP contribution in [0.3, 0.4) is 0 Å². The third-order valence-electron chi connectivity index (χ3n) is 4.52. The fraction of sp³-hybridized carbons (Fsp3) is 0.240. The van der Waals surface area contributed by atoms with E-state index in [9.17, 15) is 4.79 Å². The van der Waals surface area contributed by atoms with E-state index in [1.54, 1.807) is 13.0 Å². The first-order chi connectivity index (χ1) is 13.8. The summed E-state index contributed by atoms with van der Waals surface area (Å²) in [7, 11) is 0. The summed E-state index contributed by atoms with van der Waals surface area (Å²) < 4.78 is 11.7. The molecule has 0 aliphatic carbocycles. The second kappa shape index (κ2) is 8.82. The predicted molar refractivity (Wildman–Crippen MR) is 117 cm³/mol. The molecule has 1 amide bonds. The lowest BCUT2D eigenvalue weighted by Crippen LogP contribution is -2.30. The highest BCUT2D eigenvalue weighted by Gasteiger charge is 2.18. The zero-order chi connectivity index (χ0) is 20.9. The van der Waals surface area contributed by atoms with Gasteiger partial charge in [0.15, 0.2) is 11.9 Å². The first-order valence-corrected chi connectivity index (χ1v) is 9.73. The molecule has 0 radical (unpaired) electrons. The molecule has 0 aromatic heterocycles. The molecule has 4 heteroatoms. The average Bonchev–Trinajstić information content (AvgIpc) is 2.70. The van der Waals surface area contributed by atoms with E-state index in [0.717, 1.165) is 0 Å². The molecule has 3 aromatic rings. The Hall–Kier alpha value is -3.27. The Labute approximate surface area is 172 Å². The van der Waals surface area contributed by atoms with E-state index in [-0.39, 0.29) is 11.3 Å². The number of anilines is 1. The van der Waals surface area contributed by atoms with E-state index in [2.05, 4.69) is 26.1 Å². The fourth-order valence-electron chi connectivity index (χ4n) is 2.80. The second-order valence-electron chi connectivity index (χ2n) is 7.93. The Morgan fingerprint density at radius 2 is 1.45 bits per heavy atom. The van der Waals surface area contributed by atoms with Crippen molar-refractivity contribution in [2.75, 3.05) is 5.32 Å². The van der Waals surface area contributed by atoms with Gasteiger partial charge in [0, 0.05) is 0 Å². The van der Waals surface area contributed by atoms with Crippen LogP contribution in [0.4, 0.5) is 5.69 Å². The second-order valence-corrected chi connectivity index (χ2v) is 7.93. The zero-order valence-corrected chi connectivity index (χ0v) is 17.3. The zero-order valence-electron chi connectivity index (χ0n) is 17.3. The van der Waals surface area contributed by atoms with Gasteiger partial charge in [-0.25, -0.2) is 0 Å². The van der Waals surface area contributed by atoms with Gasteiger partial charge in [0.2, 0.25) is 0 Å². The minimum absolute atomic E-state index is 0.0734. The van der Waals surface area contributed by atoms with Crippen molar-refractivity contribution in [1.82, 2.24) is 0 Å². The maximum atomic E-state index is 12.7. The molecule has 1 N–H and O–H groups in total. The Morgan fingerprint density at radius 1 is 0.828 bits per heavy atom. The Bertz CT molecular complexity index is 944. The molecule has 150 valence electrons. The van der Waals surface area contributed by atoms with E-state index >= 15 is 0 Å².